The fraction of sp³-hybridized carbons (Fsp3) is 0.700. The molecule has 0 aliphatic carbocycles. The molecule has 0 fully saturated rings. The zero-order valence-corrected chi connectivity index (χ0v) is 9.38. The maximum absolute atomic E-state index is 9.97. The van der Waals surface area contributed by atoms with E-state index in [1.54, 1.807) is 16.9 Å². The lowest BCUT2D eigenvalue weighted by molar-refractivity contribution is -0.168. The average Bonchev–Trinajstić information content (AvgIpc) is 2.68. The van der Waals surface area contributed by atoms with Gasteiger partial charge in [0.2, 0.25) is 0 Å². The zero-order valence-electron chi connectivity index (χ0n) is 9.38. The summed E-state index contributed by atoms with van der Waals surface area (Å²) >= 11 is 0. The van der Waals surface area contributed by atoms with E-state index in [2.05, 4.69) is 12.0 Å². The van der Waals surface area contributed by atoms with Crippen molar-refractivity contribution in [1.29, 1.82) is 0 Å². The summed E-state index contributed by atoms with van der Waals surface area (Å²) in [6, 6.07) is 1.77. The van der Waals surface area contributed by atoms with E-state index >= 15 is 0 Å². The largest absolute Gasteiger partial charge is 0.381 e. The third-order valence-electron chi connectivity index (χ3n) is 2.21. The predicted octanol–water partition coefficient (Wildman–Crippen LogP) is 0.945. The second-order valence-corrected chi connectivity index (χ2v) is 3.26. The molecule has 0 radical (unpaired) electrons. The molecular weight excluding hydrogens is 196 g/mol. The van der Waals surface area contributed by atoms with Crippen molar-refractivity contribution in [3.8, 4) is 0 Å². The molecule has 15 heavy (non-hydrogen) atoms. The van der Waals surface area contributed by atoms with Gasteiger partial charge < -0.3 is 14.6 Å². The average molecular weight is 214 g/mol. The summed E-state index contributed by atoms with van der Waals surface area (Å²) in [5.74, 6) is 0. The predicted molar refractivity (Wildman–Crippen MR) is 55.3 cm³/mol. The maximum Gasteiger partial charge on any atom is 0.188 e. The van der Waals surface area contributed by atoms with Crippen LogP contribution in [0.4, 0.5) is 0 Å². The van der Waals surface area contributed by atoms with Crippen LogP contribution in [-0.2, 0) is 16.0 Å². The summed E-state index contributed by atoms with van der Waals surface area (Å²) in [6.45, 7) is 2.83. The highest BCUT2D eigenvalue weighted by Crippen LogP contribution is 2.19. The summed E-state index contributed by atoms with van der Waals surface area (Å²) in [6.07, 6.45) is 1.16. The topological polar surface area (TPSA) is 56.5 Å². The van der Waals surface area contributed by atoms with Gasteiger partial charge in [-0.2, -0.15) is 5.10 Å². The fourth-order valence-electron chi connectivity index (χ4n) is 1.49. The lowest BCUT2D eigenvalue weighted by atomic mass is 10.2. The molecule has 0 aliphatic heterocycles. The van der Waals surface area contributed by atoms with Gasteiger partial charge in [0.05, 0.1) is 5.69 Å². The first-order valence-electron chi connectivity index (χ1n) is 5.00. The highest BCUT2D eigenvalue weighted by atomic mass is 16.7. The molecule has 0 saturated heterocycles. The molecule has 1 atom stereocenters. The van der Waals surface area contributed by atoms with Crippen LogP contribution in [0.15, 0.2) is 12.3 Å². The molecule has 0 aliphatic rings. The number of hydrogen-bond acceptors (Lipinski definition) is 4. The lowest BCUT2D eigenvalue weighted by Gasteiger charge is -2.20. The van der Waals surface area contributed by atoms with Gasteiger partial charge in [0.15, 0.2) is 6.29 Å². The van der Waals surface area contributed by atoms with Gasteiger partial charge in [-0.05, 0) is 12.5 Å². The van der Waals surface area contributed by atoms with Crippen LogP contribution in [0.25, 0.3) is 0 Å². The van der Waals surface area contributed by atoms with Crippen LogP contribution < -0.4 is 0 Å². The van der Waals surface area contributed by atoms with E-state index < -0.39 is 12.4 Å². The van der Waals surface area contributed by atoms with E-state index in [1.165, 1.54) is 14.2 Å². The number of nitrogens with zero attached hydrogens (tertiary/aromatic N) is 2. The molecule has 1 rings (SSSR count). The number of aliphatic hydroxyl groups is 1. The van der Waals surface area contributed by atoms with Gasteiger partial charge in [-0.15, -0.1) is 0 Å². The molecule has 0 spiro atoms. The molecule has 1 unspecified atom stereocenters. The third kappa shape index (κ3) is 2.77. The van der Waals surface area contributed by atoms with Crippen LogP contribution in [0.1, 0.15) is 25.1 Å². The molecule has 5 heteroatoms. The van der Waals surface area contributed by atoms with E-state index in [-0.39, 0.29) is 0 Å². The standard InChI is InChI=1S/C10H18N2O3/c1-4-7-12-8(5-6-11-12)9(13)10(14-2)15-3/h5-6,9-10,13H,4,7H2,1-3H3. The Balaban J connectivity index is 2.79. The van der Waals surface area contributed by atoms with Crippen molar-refractivity contribution in [1.82, 2.24) is 9.78 Å². The SMILES string of the molecule is CCCn1nccc1C(O)C(OC)OC. The van der Waals surface area contributed by atoms with Gasteiger partial charge in [0.1, 0.15) is 6.10 Å². The summed E-state index contributed by atoms with van der Waals surface area (Å²) in [4.78, 5) is 0. The quantitative estimate of drug-likeness (QED) is 0.716. The van der Waals surface area contributed by atoms with E-state index in [0.717, 1.165) is 13.0 Å². The van der Waals surface area contributed by atoms with Crippen molar-refractivity contribution in [3.63, 3.8) is 0 Å². The number of aliphatic hydroxyl groups excluding tert-OH is 1. The third-order valence-corrected chi connectivity index (χ3v) is 2.21. The minimum absolute atomic E-state index is 0.655. The molecule has 0 amide bonds. The second-order valence-electron chi connectivity index (χ2n) is 3.26. The van der Waals surface area contributed by atoms with E-state index in [1.807, 2.05) is 0 Å². The molecule has 1 N–H and O–H groups in total. The molecule has 0 aromatic carbocycles. The Morgan fingerprint density at radius 2 is 2.13 bits per heavy atom. The molecule has 0 bridgehead atoms. The van der Waals surface area contributed by atoms with Gasteiger partial charge in [0.25, 0.3) is 0 Å². The fourth-order valence-corrected chi connectivity index (χ4v) is 1.49. The lowest BCUT2D eigenvalue weighted by Crippen LogP contribution is -2.25. The monoisotopic (exact) mass is 214 g/mol. The Kier molecular flexibility index (Phi) is 4.74. The number of rotatable bonds is 6. The van der Waals surface area contributed by atoms with Crippen LogP contribution in [0.3, 0.4) is 0 Å². The normalized spacial score (nSPS) is 13.4. The van der Waals surface area contributed by atoms with Crippen molar-refractivity contribution in [2.45, 2.75) is 32.3 Å². The van der Waals surface area contributed by atoms with Gasteiger partial charge in [-0.3, -0.25) is 4.68 Å². The second kappa shape index (κ2) is 5.85. The van der Waals surface area contributed by atoms with Crippen LogP contribution in [0.5, 0.6) is 0 Å². The van der Waals surface area contributed by atoms with Crippen LogP contribution in [0, 0.1) is 0 Å². The number of aryl methyl sites for hydroxylation is 1. The molecule has 1 aromatic heterocycles. The number of hydrogen-bond donors (Lipinski definition) is 1. The summed E-state index contributed by atoms with van der Waals surface area (Å²) in [7, 11) is 3.00. The van der Waals surface area contributed by atoms with Crippen molar-refractivity contribution in [3.05, 3.63) is 18.0 Å². The maximum atomic E-state index is 9.97. The molecule has 86 valence electrons. The highest BCUT2D eigenvalue weighted by Gasteiger charge is 2.23. The van der Waals surface area contributed by atoms with Crippen molar-refractivity contribution < 1.29 is 14.6 Å². The summed E-state index contributed by atoms with van der Waals surface area (Å²) in [5.41, 5.74) is 0.713. The molecule has 1 aromatic rings. The van der Waals surface area contributed by atoms with Gasteiger partial charge in [0, 0.05) is 27.0 Å². The first-order valence-corrected chi connectivity index (χ1v) is 5.00. The highest BCUT2D eigenvalue weighted by molar-refractivity contribution is 5.05. The Labute approximate surface area is 89.6 Å². The van der Waals surface area contributed by atoms with Crippen LogP contribution in [0.2, 0.25) is 0 Å². The van der Waals surface area contributed by atoms with Crippen molar-refractivity contribution in [2.75, 3.05) is 14.2 Å². The Morgan fingerprint density at radius 1 is 1.47 bits per heavy atom. The van der Waals surface area contributed by atoms with Gasteiger partial charge in [-0.1, -0.05) is 6.92 Å². The van der Waals surface area contributed by atoms with E-state index in [0.29, 0.717) is 5.69 Å². The number of methoxy groups -OCH3 is 2. The molecular formula is C10H18N2O3. The number of aromatic nitrogens is 2. The number of ether oxygens (including phenoxy) is 2. The van der Waals surface area contributed by atoms with E-state index in [4.69, 9.17) is 9.47 Å². The van der Waals surface area contributed by atoms with Crippen LogP contribution in [-0.4, -0.2) is 35.4 Å². The smallest absolute Gasteiger partial charge is 0.188 e. The minimum Gasteiger partial charge on any atom is -0.381 e. The summed E-state index contributed by atoms with van der Waals surface area (Å²) < 4.78 is 11.8. The zero-order chi connectivity index (χ0) is 11.3. The molecule has 0 saturated carbocycles. The minimum atomic E-state index is -0.811. The van der Waals surface area contributed by atoms with Crippen LogP contribution >= 0.6 is 0 Å². The summed E-state index contributed by atoms with van der Waals surface area (Å²) in [5, 5.41) is 14.1. The Hall–Kier alpha value is -0.910. The first kappa shape index (κ1) is 12.2. The first-order chi connectivity index (χ1) is 7.24. The van der Waals surface area contributed by atoms with Gasteiger partial charge >= 0.3 is 0 Å². The van der Waals surface area contributed by atoms with Crippen molar-refractivity contribution >= 4 is 0 Å². The molecule has 5 nitrogen and oxygen atoms in total. The van der Waals surface area contributed by atoms with Gasteiger partial charge in [-0.25, -0.2) is 0 Å². The Morgan fingerprint density at radius 3 is 2.67 bits per heavy atom. The molecule has 1 heterocycles. The Bertz CT molecular complexity index is 284. The van der Waals surface area contributed by atoms with E-state index in [9.17, 15) is 5.11 Å². The van der Waals surface area contributed by atoms with Crippen molar-refractivity contribution in [2.24, 2.45) is 0 Å².